The molecule has 13 heavy (non-hydrogen) atoms. The summed E-state index contributed by atoms with van der Waals surface area (Å²) in [4.78, 5) is 11.0. The van der Waals surface area contributed by atoms with Crippen LogP contribution in [0, 0.1) is 0 Å². The molecule has 1 aromatic carbocycles. The SMILES string of the molecule is NC(=O)c1cccc2c1CNC2O. The topological polar surface area (TPSA) is 75.4 Å². The molecule has 1 unspecified atom stereocenters. The average Bonchev–Trinajstić information content (AvgIpc) is 2.48. The molecule has 0 aromatic heterocycles. The first kappa shape index (κ1) is 8.22. The second kappa shape index (κ2) is 2.83. The first-order valence-electron chi connectivity index (χ1n) is 4.03. The van der Waals surface area contributed by atoms with Gasteiger partial charge in [0, 0.05) is 17.7 Å². The summed E-state index contributed by atoms with van der Waals surface area (Å²) in [6.07, 6.45) is -0.672. The standard InChI is InChI=1S/C9H10N2O2/c10-8(12)5-2-1-3-6-7(5)4-11-9(6)13/h1-3,9,11,13H,4H2,(H2,10,12). The average molecular weight is 178 g/mol. The Hall–Kier alpha value is -1.39. The molecule has 1 amide bonds. The van der Waals surface area contributed by atoms with Gasteiger partial charge in [-0.2, -0.15) is 0 Å². The number of nitrogens with two attached hydrogens (primary N) is 1. The Balaban J connectivity index is 2.57. The van der Waals surface area contributed by atoms with Crippen molar-refractivity contribution < 1.29 is 9.90 Å². The summed E-state index contributed by atoms with van der Waals surface area (Å²) in [6.45, 7) is 0.496. The lowest BCUT2D eigenvalue weighted by atomic mass is 10.0. The van der Waals surface area contributed by atoms with Crippen LogP contribution in [0.25, 0.3) is 0 Å². The van der Waals surface area contributed by atoms with Gasteiger partial charge in [0.1, 0.15) is 6.23 Å². The minimum Gasteiger partial charge on any atom is -0.374 e. The van der Waals surface area contributed by atoms with Gasteiger partial charge in [0.15, 0.2) is 0 Å². The first-order valence-corrected chi connectivity index (χ1v) is 4.03. The van der Waals surface area contributed by atoms with Crippen LogP contribution in [0.15, 0.2) is 18.2 Å². The van der Waals surface area contributed by atoms with Gasteiger partial charge in [-0.1, -0.05) is 12.1 Å². The van der Waals surface area contributed by atoms with Gasteiger partial charge in [0.2, 0.25) is 5.91 Å². The molecule has 0 spiro atoms. The first-order chi connectivity index (χ1) is 6.20. The highest BCUT2D eigenvalue weighted by molar-refractivity contribution is 5.94. The molecule has 4 N–H and O–H groups in total. The number of carbonyl (C=O) groups excluding carboxylic acids is 1. The number of aliphatic hydroxyl groups is 1. The maximum Gasteiger partial charge on any atom is 0.249 e. The van der Waals surface area contributed by atoms with Gasteiger partial charge in [0.05, 0.1) is 0 Å². The van der Waals surface area contributed by atoms with E-state index in [-0.39, 0.29) is 0 Å². The molecule has 0 aliphatic carbocycles. The van der Waals surface area contributed by atoms with Crippen molar-refractivity contribution in [2.75, 3.05) is 0 Å². The van der Waals surface area contributed by atoms with Gasteiger partial charge >= 0.3 is 0 Å². The normalized spacial score (nSPS) is 19.9. The van der Waals surface area contributed by atoms with Crippen LogP contribution in [0.1, 0.15) is 27.7 Å². The molecule has 1 aliphatic heterocycles. The van der Waals surface area contributed by atoms with Crippen LogP contribution in [-0.4, -0.2) is 11.0 Å². The second-order valence-corrected chi connectivity index (χ2v) is 3.02. The summed E-state index contributed by atoms with van der Waals surface area (Å²) in [6, 6.07) is 5.17. The van der Waals surface area contributed by atoms with Crippen LogP contribution in [0.4, 0.5) is 0 Å². The molecule has 0 saturated carbocycles. The third kappa shape index (κ3) is 1.20. The van der Waals surface area contributed by atoms with E-state index in [1.165, 1.54) is 0 Å². The number of rotatable bonds is 1. The molecular formula is C9H10N2O2. The molecule has 0 radical (unpaired) electrons. The predicted octanol–water partition coefficient (Wildman–Crippen LogP) is -0.120. The van der Waals surface area contributed by atoms with E-state index in [1.54, 1.807) is 18.2 Å². The summed E-state index contributed by atoms with van der Waals surface area (Å²) < 4.78 is 0. The van der Waals surface area contributed by atoms with E-state index in [2.05, 4.69) is 5.32 Å². The lowest BCUT2D eigenvalue weighted by Crippen LogP contribution is -2.14. The zero-order chi connectivity index (χ0) is 9.42. The lowest BCUT2D eigenvalue weighted by molar-refractivity contribution is 0.0999. The second-order valence-electron chi connectivity index (χ2n) is 3.02. The number of primary amides is 1. The van der Waals surface area contributed by atoms with E-state index in [4.69, 9.17) is 5.73 Å². The van der Waals surface area contributed by atoms with Crippen molar-refractivity contribution in [2.24, 2.45) is 5.73 Å². The van der Waals surface area contributed by atoms with Crippen LogP contribution < -0.4 is 11.1 Å². The van der Waals surface area contributed by atoms with Crippen molar-refractivity contribution >= 4 is 5.91 Å². The zero-order valence-corrected chi connectivity index (χ0v) is 6.95. The van der Waals surface area contributed by atoms with E-state index in [9.17, 15) is 9.90 Å². The monoisotopic (exact) mass is 178 g/mol. The molecular weight excluding hydrogens is 168 g/mol. The number of carbonyl (C=O) groups is 1. The fourth-order valence-electron chi connectivity index (χ4n) is 1.60. The van der Waals surface area contributed by atoms with E-state index in [1.807, 2.05) is 0 Å². The fraction of sp³-hybridized carbons (Fsp3) is 0.222. The van der Waals surface area contributed by atoms with E-state index >= 15 is 0 Å². The highest BCUT2D eigenvalue weighted by atomic mass is 16.3. The minimum absolute atomic E-state index is 0.451. The fourth-order valence-corrected chi connectivity index (χ4v) is 1.60. The van der Waals surface area contributed by atoms with Crippen LogP contribution in [0.2, 0.25) is 0 Å². The maximum atomic E-state index is 11.0. The van der Waals surface area contributed by atoms with Gasteiger partial charge < -0.3 is 10.8 Å². The van der Waals surface area contributed by atoms with E-state index in [0.717, 1.165) is 11.1 Å². The Morgan fingerprint density at radius 3 is 3.08 bits per heavy atom. The van der Waals surface area contributed by atoms with Gasteiger partial charge in [-0.15, -0.1) is 0 Å². The third-order valence-corrected chi connectivity index (χ3v) is 2.24. The number of amides is 1. The third-order valence-electron chi connectivity index (χ3n) is 2.24. The van der Waals surface area contributed by atoms with Crippen LogP contribution in [-0.2, 0) is 6.54 Å². The predicted molar refractivity (Wildman–Crippen MR) is 46.8 cm³/mol. The maximum absolute atomic E-state index is 11.0. The van der Waals surface area contributed by atoms with Crippen LogP contribution in [0.3, 0.4) is 0 Å². The number of nitrogens with one attached hydrogen (secondary N) is 1. The number of hydrogen-bond acceptors (Lipinski definition) is 3. The van der Waals surface area contributed by atoms with Crippen molar-refractivity contribution in [1.82, 2.24) is 5.32 Å². The Bertz CT molecular complexity index is 363. The molecule has 4 heteroatoms. The van der Waals surface area contributed by atoms with Crippen molar-refractivity contribution in [3.8, 4) is 0 Å². The molecule has 1 heterocycles. The van der Waals surface area contributed by atoms with Gasteiger partial charge in [-0.25, -0.2) is 0 Å². The number of benzene rings is 1. The molecule has 1 atom stereocenters. The van der Waals surface area contributed by atoms with Gasteiger partial charge in [-0.3, -0.25) is 10.1 Å². The molecule has 4 nitrogen and oxygen atoms in total. The van der Waals surface area contributed by atoms with Gasteiger partial charge in [-0.05, 0) is 11.6 Å². The summed E-state index contributed by atoms with van der Waals surface area (Å²) in [5.41, 5.74) is 7.23. The smallest absolute Gasteiger partial charge is 0.249 e. The van der Waals surface area contributed by atoms with Crippen molar-refractivity contribution in [1.29, 1.82) is 0 Å². The Morgan fingerprint density at radius 2 is 2.38 bits per heavy atom. The Morgan fingerprint density at radius 1 is 1.62 bits per heavy atom. The summed E-state index contributed by atoms with van der Waals surface area (Å²) in [5.74, 6) is -0.451. The Kier molecular flexibility index (Phi) is 1.79. The lowest BCUT2D eigenvalue weighted by Gasteiger charge is -2.04. The van der Waals surface area contributed by atoms with E-state index in [0.29, 0.717) is 12.1 Å². The quantitative estimate of drug-likeness (QED) is 0.561. The van der Waals surface area contributed by atoms with Crippen molar-refractivity contribution in [3.63, 3.8) is 0 Å². The highest BCUT2D eigenvalue weighted by Crippen LogP contribution is 2.25. The van der Waals surface area contributed by atoms with Crippen molar-refractivity contribution in [2.45, 2.75) is 12.8 Å². The van der Waals surface area contributed by atoms with E-state index < -0.39 is 12.1 Å². The summed E-state index contributed by atoms with van der Waals surface area (Å²) >= 11 is 0. The van der Waals surface area contributed by atoms with Crippen LogP contribution >= 0.6 is 0 Å². The molecule has 1 aromatic rings. The number of aliphatic hydroxyl groups excluding tert-OH is 1. The largest absolute Gasteiger partial charge is 0.374 e. The molecule has 2 rings (SSSR count). The number of fused-ring (bicyclic) bond motifs is 1. The molecule has 0 fully saturated rings. The van der Waals surface area contributed by atoms with Crippen LogP contribution in [0.5, 0.6) is 0 Å². The van der Waals surface area contributed by atoms with Crippen molar-refractivity contribution in [3.05, 3.63) is 34.9 Å². The zero-order valence-electron chi connectivity index (χ0n) is 6.95. The molecule has 0 saturated heterocycles. The summed E-state index contributed by atoms with van der Waals surface area (Å²) in [7, 11) is 0. The minimum atomic E-state index is -0.672. The number of hydrogen-bond donors (Lipinski definition) is 3. The molecule has 1 aliphatic rings. The Labute approximate surface area is 75.4 Å². The molecule has 0 bridgehead atoms. The summed E-state index contributed by atoms with van der Waals surface area (Å²) in [5, 5.41) is 12.3. The van der Waals surface area contributed by atoms with Gasteiger partial charge in [0.25, 0.3) is 0 Å². The molecule has 68 valence electrons. The highest BCUT2D eigenvalue weighted by Gasteiger charge is 2.23.